The van der Waals surface area contributed by atoms with Gasteiger partial charge in [0, 0.05) is 12.6 Å². The van der Waals surface area contributed by atoms with Gasteiger partial charge in [-0.1, -0.05) is 0 Å². The highest BCUT2D eigenvalue weighted by molar-refractivity contribution is 5.94. The zero-order valence-corrected chi connectivity index (χ0v) is 11.3. The Morgan fingerprint density at radius 2 is 1.95 bits per heavy atom. The van der Waals surface area contributed by atoms with E-state index in [1.807, 2.05) is 0 Å². The fourth-order valence-corrected chi connectivity index (χ4v) is 1.71. The molecule has 0 fully saturated rings. The lowest BCUT2D eigenvalue weighted by molar-refractivity contribution is -0.143. The highest BCUT2D eigenvalue weighted by Gasteiger charge is 2.16. The molecular formula is C13H20N2O4. The minimum absolute atomic E-state index is 0.220. The van der Waals surface area contributed by atoms with Crippen LogP contribution in [0.4, 0.5) is 5.69 Å². The molecular weight excluding hydrogens is 248 g/mol. The molecule has 0 spiro atoms. The molecule has 0 radical (unpaired) electrons. The average Bonchev–Trinajstić information content (AvgIpc) is 2.72. The molecule has 1 aromatic heterocycles. The highest BCUT2D eigenvalue weighted by Crippen LogP contribution is 2.19. The first-order chi connectivity index (χ1) is 9.10. The Morgan fingerprint density at radius 1 is 1.26 bits per heavy atom. The van der Waals surface area contributed by atoms with Gasteiger partial charge in [-0.15, -0.1) is 0 Å². The molecule has 106 valence electrons. The largest absolute Gasteiger partial charge is 0.466 e. The number of aromatic nitrogens is 1. The molecule has 0 saturated carbocycles. The van der Waals surface area contributed by atoms with Crippen molar-refractivity contribution >= 4 is 17.6 Å². The van der Waals surface area contributed by atoms with Gasteiger partial charge in [-0.05, 0) is 32.3 Å². The van der Waals surface area contributed by atoms with Crippen LogP contribution >= 0.6 is 0 Å². The summed E-state index contributed by atoms with van der Waals surface area (Å²) in [5, 5.41) is 0. The number of nitrogens with one attached hydrogen (secondary N) is 1. The van der Waals surface area contributed by atoms with Crippen LogP contribution in [0.15, 0.2) is 6.20 Å². The second-order valence-corrected chi connectivity index (χ2v) is 3.98. The van der Waals surface area contributed by atoms with Gasteiger partial charge in [0.1, 0.15) is 5.69 Å². The summed E-state index contributed by atoms with van der Waals surface area (Å²) in [5.41, 5.74) is 7.34. The van der Waals surface area contributed by atoms with Crippen molar-refractivity contribution in [1.82, 2.24) is 4.98 Å². The zero-order chi connectivity index (χ0) is 14.3. The van der Waals surface area contributed by atoms with Gasteiger partial charge < -0.3 is 20.2 Å². The van der Waals surface area contributed by atoms with Crippen molar-refractivity contribution < 1.29 is 19.1 Å². The van der Waals surface area contributed by atoms with Gasteiger partial charge in [-0.3, -0.25) is 4.79 Å². The number of rotatable bonds is 7. The molecule has 0 aliphatic carbocycles. The zero-order valence-electron chi connectivity index (χ0n) is 11.3. The average molecular weight is 268 g/mol. The van der Waals surface area contributed by atoms with Gasteiger partial charge in [-0.2, -0.15) is 0 Å². The molecule has 0 aliphatic rings. The summed E-state index contributed by atoms with van der Waals surface area (Å²) >= 11 is 0. The van der Waals surface area contributed by atoms with Crippen molar-refractivity contribution in [2.75, 3.05) is 18.9 Å². The Balaban J connectivity index is 2.52. The van der Waals surface area contributed by atoms with Gasteiger partial charge in [0.2, 0.25) is 0 Å². The third-order valence-electron chi connectivity index (χ3n) is 2.62. The number of carbonyl (C=O) groups is 2. The van der Waals surface area contributed by atoms with E-state index in [0.717, 1.165) is 5.56 Å². The van der Waals surface area contributed by atoms with E-state index in [4.69, 9.17) is 15.2 Å². The van der Waals surface area contributed by atoms with Crippen molar-refractivity contribution in [3.63, 3.8) is 0 Å². The van der Waals surface area contributed by atoms with E-state index >= 15 is 0 Å². The lowest BCUT2D eigenvalue weighted by Gasteiger charge is -2.03. The molecule has 19 heavy (non-hydrogen) atoms. The Morgan fingerprint density at radius 3 is 2.58 bits per heavy atom. The number of aryl methyl sites for hydroxylation is 1. The third kappa shape index (κ3) is 4.31. The highest BCUT2D eigenvalue weighted by atomic mass is 16.5. The number of hydrogen-bond acceptors (Lipinski definition) is 5. The molecule has 0 amide bonds. The molecule has 0 aliphatic heterocycles. The number of carbonyl (C=O) groups excluding carboxylic acids is 2. The summed E-state index contributed by atoms with van der Waals surface area (Å²) in [4.78, 5) is 25.5. The van der Waals surface area contributed by atoms with Crippen LogP contribution in [0.5, 0.6) is 0 Å². The number of aromatic amines is 1. The molecule has 1 rings (SSSR count). The van der Waals surface area contributed by atoms with Crippen LogP contribution < -0.4 is 5.73 Å². The number of H-pyrrole nitrogens is 1. The predicted molar refractivity (Wildman–Crippen MR) is 70.7 cm³/mol. The Kier molecular flexibility index (Phi) is 5.92. The normalized spacial score (nSPS) is 10.2. The van der Waals surface area contributed by atoms with Crippen molar-refractivity contribution in [2.24, 2.45) is 0 Å². The van der Waals surface area contributed by atoms with Crippen LogP contribution in [0.2, 0.25) is 0 Å². The fourth-order valence-electron chi connectivity index (χ4n) is 1.71. The summed E-state index contributed by atoms with van der Waals surface area (Å²) < 4.78 is 9.71. The predicted octanol–water partition coefficient (Wildman–Crippen LogP) is 1.66. The Hall–Kier alpha value is -1.98. The molecule has 0 unspecified atom stereocenters. The van der Waals surface area contributed by atoms with Crippen LogP contribution in [-0.4, -0.2) is 30.1 Å². The molecule has 0 atom stereocenters. The lowest BCUT2D eigenvalue weighted by Crippen LogP contribution is -2.08. The summed E-state index contributed by atoms with van der Waals surface area (Å²) in [6.45, 7) is 4.19. The molecule has 1 heterocycles. The van der Waals surface area contributed by atoms with Crippen LogP contribution in [0, 0.1) is 0 Å². The molecule has 0 saturated heterocycles. The Labute approximate surface area is 112 Å². The molecule has 6 nitrogen and oxygen atoms in total. The van der Waals surface area contributed by atoms with E-state index in [-0.39, 0.29) is 11.7 Å². The van der Waals surface area contributed by atoms with Crippen LogP contribution in [0.25, 0.3) is 0 Å². The number of hydrogen-bond donors (Lipinski definition) is 2. The first-order valence-electron chi connectivity index (χ1n) is 6.38. The number of ether oxygens (including phenoxy) is 2. The number of anilines is 1. The van der Waals surface area contributed by atoms with Gasteiger partial charge in [0.15, 0.2) is 0 Å². The maximum Gasteiger partial charge on any atom is 0.356 e. The maximum absolute atomic E-state index is 11.5. The third-order valence-corrected chi connectivity index (χ3v) is 2.62. The molecule has 1 aromatic rings. The molecule has 3 N–H and O–H groups in total. The Bertz CT molecular complexity index is 440. The molecule has 0 aromatic carbocycles. The molecule has 6 heteroatoms. The van der Waals surface area contributed by atoms with Crippen LogP contribution in [0.1, 0.15) is 42.7 Å². The number of nitrogens with two attached hydrogens (primary N) is 1. The quantitative estimate of drug-likeness (QED) is 0.733. The van der Waals surface area contributed by atoms with Gasteiger partial charge in [0.05, 0.1) is 18.9 Å². The second-order valence-electron chi connectivity index (χ2n) is 3.98. The van der Waals surface area contributed by atoms with Crippen molar-refractivity contribution in [3.05, 3.63) is 17.5 Å². The standard InChI is InChI=1S/C13H20N2O4/c1-3-18-10(16)7-5-6-9-8-15-12(11(9)14)13(17)19-4-2/h8,15H,3-7,14H2,1-2H3. The summed E-state index contributed by atoms with van der Waals surface area (Å²) in [6.07, 6.45) is 3.25. The van der Waals surface area contributed by atoms with Crippen molar-refractivity contribution in [2.45, 2.75) is 33.1 Å². The monoisotopic (exact) mass is 268 g/mol. The molecule has 0 bridgehead atoms. The van der Waals surface area contributed by atoms with Gasteiger partial charge in [0.25, 0.3) is 0 Å². The smallest absolute Gasteiger partial charge is 0.356 e. The minimum atomic E-state index is -0.461. The first kappa shape index (κ1) is 15.1. The maximum atomic E-state index is 11.5. The summed E-state index contributed by atoms with van der Waals surface area (Å²) in [6, 6.07) is 0. The minimum Gasteiger partial charge on any atom is -0.466 e. The van der Waals surface area contributed by atoms with Crippen LogP contribution in [-0.2, 0) is 20.7 Å². The SMILES string of the molecule is CCOC(=O)CCCc1c[nH]c(C(=O)OCC)c1N. The van der Waals surface area contributed by atoms with Crippen molar-refractivity contribution in [3.8, 4) is 0 Å². The second kappa shape index (κ2) is 7.45. The van der Waals surface area contributed by atoms with Crippen molar-refractivity contribution in [1.29, 1.82) is 0 Å². The first-order valence-corrected chi connectivity index (χ1v) is 6.38. The van der Waals surface area contributed by atoms with E-state index in [1.54, 1.807) is 20.0 Å². The van der Waals surface area contributed by atoms with E-state index in [0.29, 0.717) is 38.2 Å². The summed E-state index contributed by atoms with van der Waals surface area (Å²) in [5.74, 6) is -0.682. The van der Waals surface area contributed by atoms with E-state index in [1.165, 1.54) is 0 Å². The lowest BCUT2D eigenvalue weighted by atomic mass is 10.1. The topological polar surface area (TPSA) is 94.4 Å². The van der Waals surface area contributed by atoms with Gasteiger partial charge in [-0.25, -0.2) is 4.79 Å². The van der Waals surface area contributed by atoms with E-state index in [9.17, 15) is 9.59 Å². The van der Waals surface area contributed by atoms with Crippen LogP contribution in [0.3, 0.4) is 0 Å². The van der Waals surface area contributed by atoms with E-state index in [2.05, 4.69) is 4.98 Å². The van der Waals surface area contributed by atoms with Gasteiger partial charge >= 0.3 is 11.9 Å². The number of nitrogen functional groups attached to an aromatic ring is 1. The fraction of sp³-hybridized carbons (Fsp3) is 0.538. The van der Waals surface area contributed by atoms with E-state index < -0.39 is 5.97 Å². The number of esters is 2. The summed E-state index contributed by atoms with van der Waals surface area (Å²) in [7, 11) is 0.